The smallest absolute Gasteiger partial charge is 0.417 e. The Morgan fingerprint density at radius 1 is 1.21 bits per heavy atom. The van der Waals surface area contributed by atoms with Crippen LogP contribution in [0.4, 0.5) is 13.2 Å². The van der Waals surface area contributed by atoms with E-state index < -0.39 is 11.7 Å². The number of ether oxygens (including phenoxy) is 1. The van der Waals surface area contributed by atoms with Gasteiger partial charge >= 0.3 is 6.18 Å². The van der Waals surface area contributed by atoms with E-state index >= 15 is 0 Å². The molecule has 7 heteroatoms. The molecule has 0 bridgehead atoms. The van der Waals surface area contributed by atoms with Crippen LogP contribution in [0.1, 0.15) is 5.56 Å². The van der Waals surface area contributed by atoms with Crippen molar-refractivity contribution in [3.8, 4) is 11.6 Å². The van der Waals surface area contributed by atoms with Crippen LogP contribution < -0.4 is 4.74 Å². The number of rotatable bonds is 3. The molecule has 0 spiro atoms. The van der Waals surface area contributed by atoms with Crippen LogP contribution in [0.5, 0.6) is 11.6 Å². The van der Waals surface area contributed by atoms with E-state index in [0.29, 0.717) is 0 Å². The summed E-state index contributed by atoms with van der Waals surface area (Å²) in [7, 11) is 0. The van der Waals surface area contributed by atoms with Crippen molar-refractivity contribution in [2.24, 2.45) is 0 Å². The van der Waals surface area contributed by atoms with Crippen molar-refractivity contribution in [3.05, 3.63) is 42.4 Å². The Morgan fingerprint density at radius 2 is 2.00 bits per heavy atom. The van der Waals surface area contributed by atoms with Gasteiger partial charge in [-0.2, -0.15) is 13.2 Å². The molecular weight excluding hydrogens is 277 g/mol. The monoisotopic (exact) mass is 286 g/mol. The van der Waals surface area contributed by atoms with Crippen LogP contribution in [0.15, 0.2) is 41.7 Å². The highest BCUT2D eigenvalue weighted by atomic mass is 32.2. The first-order chi connectivity index (χ1) is 9.02. The molecule has 0 atom stereocenters. The van der Waals surface area contributed by atoms with Gasteiger partial charge in [0, 0.05) is 12.3 Å². The second-order valence-corrected chi connectivity index (χ2v) is 4.30. The average Bonchev–Trinajstić information content (AvgIpc) is 2.38. The molecule has 0 aliphatic heterocycles. The van der Waals surface area contributed by atoms with Gasteiger partial charge in [-0.25, -0.2) is 9.97 Å². The highest BCUT2D eigenvalue weighted by molar-refractivity contribution is 7.98. The molecule has 0 amide bonds. The summed E-state index contributed by atoms with van der Waals surface area (Å²) in [4.78, 5) is 7.56. The highest BCUT2D eigenvalue weighted by Crippen LogP contribution is 2.41. The Morgan fingerprint density at radius 3 is 2.58 bits per heavy atom. The van der Waals surface area contributed by atoms with Gasteiger partial charge in [-0.05, 0) is 18.4 Å². The lowest BCUT2D eigenvalue weighted by molar-refractivity contribution is -0.139. The SMILES string of the molecule is CSc1c(Oc2ccncn2)cccc1C(F)(F)F. The van der Waals surface area contributed by atoms with Crippen molar-refractivity contribution in [2.75, 3.05) is 6.26 Å². The first-order valence-electron chi connectivity index (χ1n) is 5.20. The van der Waals surface area contributed by atoms with Crippen molar-refractivity contribution >= 4 is 11.8 Å². The summed E-state index contributed by atoms with van der Waals surface area (Å²) in [5.74, 6) is 0.325. The number of thioether (sulfide) groups is 1. The van der Waals surface area contributed by atoms with Gasteiger partial charge in [-0.15, -0.1) is 11.8 Å². The molecular formula is C12H9F3N2OS. The van der Waals surface area contributed by atoms with Crippen LogP contribution in [-0.4, -0.2) is 16.2 Å². The predicted octanol–water partition coefficient (Wildman–Crippen LogP) is 4.01. The third-order valence-electron chi connectivity index (χ3n) is 2.26. The van der Waals surface area contributed by atoms with E-state index in [-0.39, 0.29) is 16.5 Å². The number of halogens is 3. The van der Waals surface area contributed by atoms with Gasteiger partial charge in [-0.3, -0.25) is 0 Å². The molecule has 1 heterocycles. The summed E-state index contributed by atoms with van der Waals surface area (Å²) in [6, 6.07) is 5.28. The van der Waals surface area contributed by atoms with E-state index in [1.165, 1.54) is 30.7 Å². The second-order valence-electron chi connectivity index (χ2n) is 3.48. The number of aromatic nitrogens is 2. The zero-order chi connectivity index (χ0) is 13.9. The maximum absolute atomic E-state index is 12.9. The fourth-order valence-electron chi connectivity index (χ4n) is 1.48. The Hall–Kier alpha value is -1.76. The molecule has 0 N–H and O–H groups in total. The fourth-order valence-corrected chi connectivity index (χ4v) is 2.20. The molecule has 19 heavy (non-hydrogen) atoms. The lowest BCUT2D eigenvalue weighted by Gasteiger charge is -2.15. The van der Waals surface area contributed by atoms with Crippen LogP contribution in [0.25, 0.3) is 0 Å². The largest absolute Gasteiger partial charge is 0.438 e. The van der Waals surface area contributed by atoms with Crippen molar-refractivity contribution in [3.63, 3.8) is 0 Å². The molecule has 0 aliphatic rings. The van der Waals surface area contributed by atoms with Gasteiger partial charge in [0.15, 0.2) is 0 Å². The number of hydrogen-bond donors (Lipinski definition) is 0. The zero-order valence-electron chi connectivity index (χ0n) is 9.81. The van der Waals surface area contributed by atoms with Crippen LogP contribution >= 0.6 is 11.8 Å². The molecule has 3 nitrogen and oxygen atoms in total. The Labute approximate surface area is 111 Å². The lowest BCUT2D eigenvalue weighted by atomic mass is 10.2. The van der Waals surface area contributed by atoms with Gasteiger partial charge in [0.25, 0.3) is 0 Å². The van der Waals surface area contributed by atoms with Gasteiger partial charge in [0.2, 0.25) is 5.88 Å². The number of hydrogen-bond acceptors (Lipinski definition) is 4. The van der Waals surface area contributed by atoms with Crippen LogP contribution in [0.2, 0.25) is 0 Å². The molecule has 0 radical (unpaired) electrons. The average molecular weight is 286 g/mol. The molecule has 1 aromatic heterocycles. The molecule has 0 aliphatic carbocycles. The van der Waals surface area contributed by atoms with Gasteiger partial charge in [0.05, 0.1) is 10.5 Å². The Kier molecular flexibility index (Phi) is 3.94. The normalized spacial score (nSPS) is 11.4. The second kappa shape index (κ2) is 5.48. The Bertz CT molecular complexity index is 561. The quantitative estimate of drug-likeness (QED) is 0.799. The van der Waals surface area contributed by atoms with Gasteiger partial charge < -0.3 is 4.74 Å². The van der Waals surface area contributed by atoms with Crippen molar-refractivity contribution in [1.29, 1.82) is 0 Å². The first-order valence-corrected chi connectivity index (χ1v) is 6.43. The standard InChI is InChI=1S/C12H9F3N2OS/c1-19-11-8(12(13,14)15)3-2-4-9(11)18-10-5-6-16-7-17-10/h2-7H,1H3. The first kappa shape index (κ1) is 13.7. The maximum atomic E-state index is 12.9. The topological polar surface area (TPSA) is 35.0 Å². The molecule has 0 saturated carbocycles. The molecule has 0 unspecified atom stereocenters. The van der Waals surface area contributed by atoms with E-state index in [0.717, 1.165) is 17.8 Å². The molecule has 2 rings (SSSR count). The van der Waals surface area contributed by atoms with Crippen molar-refractivity contribution in [1.82, 2.24) is 9.97 Å². The fraction of sp³-hybridized carbons (Fsp3) is 0.167. The minimum absolute atomic E-state index is 0.0358. The maximum Gasteiger partial charge on any atom is 0.417 e. The van der Waals surface area contributed by atoms with E-state index in [4.69, 9.17) is 4.74 Å². The van der Waals surface area contributed by atoms with E-state index in [1.54, 1.807) is 6.26 Å². The summed E-state index contributed by atoms with van der Waals surface area (Å²) in [6.07, 6.45) is -0.128. The Balaban J connectivity index is 2.41. The van der Waals surface area contributed by atoms with E-state index in [2.05, 4.69) is 9.97 Å². The number of nitrogens with zero attached hydrogens (tertiary/aromatic N) is 2. The van der Waals surface area contributed by atoms with Crippen LogP contribution in [-0.2, 0) is 6.18 Å². The number of alkyl halides is 3. The summed E-state index contributed by atoms with van der Waals surface area (Å²) in [6.45, 7) is 0. The van der Waals surface area contributed by atoms with E-state index in [1.807, 2.05) is 0 Å². The summed E-state index contributed by atoms with van der Waals surface area (Å²) in [5.41, 5.74) is -0.716. The summed E-state index contributed by atoms with van der Waals surface area (Å²) in [5, 5.41) is 0. The highest BCUT2D eigenvalue weighted by Gasteiger charge is 2.34. The summed E-state index contributed by atoms with van der Waals surface area (Å²) < 4.78 is 43.9. The molecule has 100 valence electrons. The third kappa shape index (κ3) is 3.17. The molecule has 0 saturated heterocycles. The predicted molar refractivity (Wildman–Crippen MR) is 65.3 cm³/mol. The molecule has 2 aromatic rings. The number of benzene rings is 1. The van der Waals surface area contributed by atoms with Gasteiger partial charge in [0.1, 0.15) is 12.1 Å². The van der Waals surface area contributed by atoms with Crippen LogP contribution in [0.3, 0.4) is 0 Å². The zero-order valence-corrected chi connectivity index (χ0v) is 10.6. The van der Waals surface area contributed by atoms with E-state index in [9.17, 15) is 13.2 Å². The molecule has 1 aromatic carbocycles. The lowest BCUT2D eigenvalue weighted by Crippen LogP contribution is -2.07. The van der Waals surface area contributed by atoms with Crippen LogP contribution in [0, 0.1) is 0 Å². The van der Waals surface area contributed by atoms with Gasteiger partial charge in [-0.1, -0.05) is 6.07 Å². The molecule has 0 fully saturated rings. The van der Waals surface area contributed by atoms with Crippen molar-refractivity contribution in [2.45, 2.75) is 11.1 Å². The minimum Gasteiger partial charge on any atom is -0.438 e. The van der Waals surface area contributed by atoms with Crippen molar-refractivity contribution < 1.29 is 17.9 Å². The third-order valence-corrected chi connectivity index (χ3v) is 3.09. The minimum atomic E-state index is -4.41. The summed E-state index contributed by atoms with van der Waals surface area (Å²) >= 11 is 0.980.